The van der Waals surface area contributed by atoms with Crippen LogP contribution in [0.1, 0.15) is 93.0 Å². The molecule has 31 heavy (non-hydrogen) atoms. The van der Waals surface area contributed by atoms with Crippen LogP contribution in [0, 0.1) is 29.4 Å². The van der Waals surface area contributed by atoms with Gasteiger partial charge >= 0.3 is 5.97 Å². The Labute approximate surface area is 184 Å². The van der Waals surface area contributed by atoms with Crippen LogP contribution in [-0.4, -0.2) is 13.1 Å². The molecule has 0 aromatic heterocycles. The highest BCUT2D eigenvalue weighted by Crippen LogP contribution is 2.49. The number of rotatable bonds is 6. The number of hydrogen-bond donors (Lipinski definition) is 0. The molecule has 0 bridgehead atoms. The molecule has 2 aromatic rings. The van der Waals surface area contributed by atoms with Crippen LogP contribution in [0.4, 0.5) is 8.78 Å². The number of methoxy groups -OCH3 is 1. The van der Waals surface area contributed by atoms with Gasteiger partial charge in [-0.2, -0.15) is 0 Å². The highest BCUT2D eigenvalue weighted by molar-refractivity contribution is 5.96. The maximum atomic E-state index is 15.4. The largest absolute Gasteiger partial charge is 0.465 e. The second-order valence-corrected chi connectivity index (χ2v) is 9.72. The molecule has 2 aliphatic rings. The lowest BCUT2D eigenvalue weighted by molar-refractivity contribution is 0.0600. The van der Waals surface area contributed by atoms with Crippen molar-refractivity contribution < 1.29 is 18.3 Å². The Morgan fingerprint density at radius 2 is 1.81 bits per heavy atom. The summed E-state index contributed by atoms with van der Waals surface area (Å²) in [7, 11) is 1.25. The maximum Gasteiger partial charge on any atom is 0.337 e. The summed E-state index contributed by atoms with van der Waals surface area (Å²) in [5.74, 6) is 0.708. The van der Waals surface area contributed by atoms with Gasteiger partial charge in [0.1, 0.15) is 11.6 Å². The number of carbonyl (C=O) groups excluding carboxylic acids is 1. The molecule has 0 aliphatic heterocycles. The lowest BCUT2D eigenvalue weighted by Crippen LogP contribution is -2.30. The second-order valence-electron chi connectivity index (χ2n) is 9.72. The lowest BCUT2D eigenvalue weighted by atomic mass is 9.63. The third-order valence-electron chi connectivity index (χ3n) is 7.83. The van der Waals surface area contributed by atoms with Gasteiger partial charge < -0.3 is 4.74 Å². The zero-order valence-electron chi connectivity index (χ0n) is 18.8. The van der Waals surface area contributed by atoms with E-state index < -0.39 is 17.6 Å². The smallest absolute Gasteiger partial charge is 0.337 e. The van der Waals surface area contributed by atoms with Crippen LogP contribution in [0.5, 0.6) is 0 Å². The van der Waals surface area contributed by atoms with Gasteiger partial charge in [-0.25, -0.2) is 13.6 Å². The standard InChI is InChI=1S/C27H34F2O2/c1-3-4-5-6-17-7-8-19-14-20(10-9-18(19)13-17)23-12-11-21-15-22(27(30)31-2)16-24(28)25(21)26(23)29/h11-12,15-20H,3-10,13-14H2,1-2H3/t17?,18-,19+,20?/m0/s1. The number of esters is 1. The highest BCUT2D eigenvalue weighted by atomic mass is 19.1. The van der Waals surface area contributed by atoms with Crippen LogP contribution in [0.2, 0.25) is 0 Å². The molecule has 2 nitrogen and oxygen atoms in total. The fraction of sp³-hybridized carbons (Fsp3) is 0.593. The van der Waals surface area contributed by atoms with Crippen LogP contribution in [0.3, 0.4) is 0 Å². The Morgan fingerprint density at radius 3 is 2.58 bits per heavy atom. The Kier molecular flexibility index (Phi) is 6.93. The summed E-state index contributed by atoms with van der Waals surface area (Å²) in [4.78, 5) is 11.8. The highest BCUT2D eigenvalue weighted by Gasteiger charge is 2.36. The van der Waals surface area contributed by atoms with Crippen LogP contribution in [0.25, 0.3) is 10.8 Å². The van der Waals surface area contributed by atoms with Crippen molar-refractivity contribution in [1.29, 1.82) is 0 Å². The molecule has 4 rings (SSSR count). The first-order valence-corrected chi connectivity index (χ1v) is 12.0. The normalized spacial score (nSPS) is 25.9. The minimum Gasteiger partial charge on any atom is -0.465 e. The van der Waals surface area contributed by atoms with Gasteiger partial charge in [-0.05, 0) is 78.9 Å². The predicted molar refractivity (Wildman–Crippen MR) is 120 cm³/mol. The number of unbranched alkanes of at least 4 members (excludes halogenated alkanes) is 2. The van der Waals surface area contributed by atoms with Gasteiger partial charge in [-0.1, -0.05) is 51.2 Å². The van der Waals surface area contributed by atoms with E-state index in [-0.39, 0.29) is 16.9 Å². The van der Waals surface area contributed by atoms with E-state index in [4.69, 9.17) is 0 Å². The summed E-state index contributed by atoms with van der Waals surface area (Å²) >= 11 is 0. The molecule has 0 N–H and O–H groups in total. The number of hydrogen-bond acceptors (Lipinski definition) is 2. The molecule has 0 saturated heterocycles. The van der Waals surface area contributed by atoms with Crippen LogP contribution in [-0.2, 0) is 4.74 Å². The molecule has 0 heterocycles. The molecular weight excluding hydrogens is 394 g/mol. The maximum absolute atomic E-state index is 15.4. The van der Waals surface area contributed by atoms with Gasteiger partial charge in [-0.15, -0.1) is 0 Å². The monoisotopic (exact) mass is 428 g/mol. The second kappa shape index (κ2) is 9.67. The molecule has 2 aliphatic carbocycles. The van der Waals surface area contributed by atoms with Crippen molar-refractivity contribution in [2.45, 2.75) is 77.0 Å². The SMILES string of the molecule is CCCCCC1CC[C@@H]2CC(c3ccc4cc(C(=O)OC)cc(F)c4c3F)CC[C@H]2C1. The first-order valence-electron chi connectivity index (χ1n) is 12.0. The molecule has 0 radical (unpaired) electrons. The molecule has 4 atom stereocenters. The Bertz CT molecular complexity index is 938. The Balaban J connectivity index is 1.50. The van der Waals surface area contributed by atoms with Crippen LogP contribution in [0.15, 0.2) is 24.3 Å². The van der Waals surface area contributed by atoms with Crippen molar-refractivity contribution >= 4 is 16.7 Å². The molecule has 2 unspecified atom stereocenters. The van der Waals surface area contributed by atoms with E-state index in [1.54, 1.807) is 12.1 Å². The molecule has 0 amide bonds. The number of ether oxygens (including phenoxy) is 1. The van der Waals surface area contributed by atoms with E-state index in [0.29, 0.717) is 16.9 Å². The van der Waals surface area contributed by atoms with Crippen molar-refractivity contribution in [2.24, 2.45) is 17.8 Å². The molecule has 4 heteroatoms. The number of carbonyl (C=O) groups is 1. The van der Waals surface area contributed by atoms with Gasteiger partial charge in [0.2, 0.25) is 0 Å². The number of benzene rings is 2. The van der Waals surface area contributed by atoms with E-state index in [9.17, 15) is 9.18 Å². The third kappa shape index (κ3) is 4.63. The van der Waals surface area contributed by atoms with E-state index in [1.807, 2.05) is 0 Å². The predicted octanol–water partition coefficient (Wildman–Crippen LogP) is 7.78. The fourth-order valence-electron chi connectivity index (χ4n) is 6.15. The van der Waals surface area contributed by atoms with E-state index in [0.717, 1.165) is 37.2 Å². The average Bonchev–Trinajstić information content (AvgIpc) is 2.78. The van der Waals surface area contributed by atoms with Crippen molar-refractivity contribution in [2.75, 3.05) is 7.11 Å². The zero-order chi connectivity index (χ0) is 22.0. The summed E-state index contributed by atoms with van der Waals surface area (Å²) in [5, 5.41) is 0.398. The molecule has 168 valence electrons. The third-order valence-corrected chi connectivity index (χ3v) is 7.83. The number of halogens is 2. The van der Waals surface area contributed by atoms with Crippen LogP contribution < -0.4 is 0 Å². The first-order chi connectivity index (χ1) is 15.0. The average molecular weight is 429 g/mol. The summed E-state index contributed by atoms with van der Waals surface area (Å²) in [5.41, 5.74) is 0.747. The zero-order valence-corrected chi connectivity index (χ0v) is 18.8. The van der Waals surface area contributed by atoms with Gasteiger partial charge in [0, 0.05) is 0 Å². The van der Waals surface area contributed by atoms with Crippen LogP contribution >= 0.6 is 0 Å². The molecule has 2 aromatic carbocycles. The Morgan fingerprint density at radius 1 is 1.03 bits per heavy atom. The quantitative estimate of drug-likeness (QED) is 0.347. The minimum atomic E-state index is -0.696. The molecule has 2 fully saturated rings. The summed E-state index contributed by atoms with van der Waals surface area (Å²) in [6, 6.07) is 6.14. The van der Waals surface area contributed by atoms with Crippen molar-refractivity contribution in [3.63, 3.8) is 0 Å². The van der Waals surface area contributed by atoms with Gasteiger partial charge in [0.25, 0.3) is 0 Å². The topological polar surface area (TPSA) is 26.3 Å². The van der Waals surface area contributed by atoms with E-state index in [1.165, 1.54) is 58.1 Å². The van der Waals surface area contributed by atoms with Gasteiger partial charge in [-0.3, -0.25) is 0 Å². The fourth-order valence-corrected chi connectivity index (χ4v) is 6.15. The van der Waals surface area contributed by atoms with Crippen molar-refractivity contribution in [3.05, 3.63) is 47.0 Å². The van der Waals surface area contributed by atoms with Gasteiger partial charge in [0.15, 0.2) is 0 Å². The minimum absolute atomic E-state index is 0.00749. The van der Waals surface area contributed by atoms with E-state index in [2.05, 4.69) is 11.7 Å². The molecular formula is C27H34F2O2. The van der Waals surface area contributed by atoms with E-state index >= 15 is 4.39 Å². The molecule has 0 spiro atoms. The molecule has 2 saturated carbocycles. The summed E-state index contributed by atoms with van der Waals surface area (Å²) in [6.07, 6.45) is 12.4. The summed E-state index contributed by atoms with van der Waals surface area (Å²) in [6.45, 7) is 2.26. The first kappa shape index (κ1) is 22.2. The summed E-state index contributed by atoms with van der Waals surface area (Å²) < 4.78 is 34.8. The van der Waals surface area contributed by atoms with Gasteiger partial charge in [0.05, 0.1) is 18.1 Å². The Hall–Kier alpha value is -1.97. The van der Waals surface area contributed by atoms with Crippen molar-refractivity contribution in [3.8, 4) is 0 Å². The number of fused-ring (bicyclic) bond motifs is 2. The van der Waals surface area contributed by atoms with Crippen molar-refractivity contribution in [1.82, 2.24) is 0 Å². The lowest BCUT2D eigenvalue weighted by Gasteiger charge is -2.42.